The van der Waals surface area contributed by atoms with E-state index in [-0.39, 0.29) is 16.0 Å². The first-order valence-electron chi connectivity index (χ1n) is 5.81. The normalized spacial score (nSPS) is 11.9. The van der Waals surface area contributed by atoms with E-state index in [1.807, 2.05) is 6.92 Å². The van der Waals surface area contributed by atoms with Crippen molar-refractivity contribution in [2.45, 2.75) is 25.9 Å². The van der Waals surface area contributed by atoms with Gasteiger partial charge >= 0.3 is 6.18 Å². The summed E-state index contributed by atoms with van der Waals surface area (Å²) in [6.07, 6.45) is -3.36. The first-order chi connectivity index (χ1) is 9.34. The van der Waals surface area contributed by atoms with E-state index in [1.165, 1.54) is 16.7 Å². The lowest BCUT2D eigenvalue weighted by Gasteiger charge is -2.15. The molecule has 2 rings (SSSR count). The largest absolute Gasteiger partial charge is 0.418 e. The van der Waals surface area contributed by atoms with Crippen LogP contribution in [0.25, 0.3) is 5.69 Å². The molecule has 0 aliphatic carbocycles. The van der Waals surface area contributed by atoms with Gasteiger partial charge in [0.25, 0.3) is 0 Å². The summed E-state index contributed by atoms with van der Waals surface area (Å²) in [5.41, 5.74) is -0.996. The van der Waals surface area contributed by atoms with Crippen LogP contribution in [0.3, 0.4) is 0 Å². The van der Waals surface area contributed by atoms with E-state index in [1.54, 1.807) is 0 Å². The lowest BCUT2D eigenvalue weighted by molar-refractivity contribution is -0.137. The fourth-order valence-electron chi connectivity index (χ4n) is 1.85. The molecule has 2 aromatic rings. The quantitative estimate of drug-likeness (QED) is 0.829. The lowest BCUT2D eigenvalue weighted by Crippen LogP contribution is -2.12. The van der Waals surface area contributed by atoms with Gasteiger partial charge in [0.2, 0.25) is 5.28 Å². The number of nitrogens with zero attached hydrogens (tertiary/aromatic N) is 3. The van der Waals surface area contributed by atoms with Gasteiger partial charge in [-0.3, -0.25) is 4.57 Å². The molecule has 3 nitrogen and oxygen atoms in total. The summed E-state index contributed by atoms with van der Waals surface area (Å²) in [5.74, 6) is 0.380. The van der Waals surface area contributed by atoms with E-state index in [2.05, 4.69) is 10.2 Å². The summed E-state index contributed by atoms with van der Waals surface area (Å²) in [6.45, 7) is 1.89. The Morgan fingerprint density at radius 2 is 1.90 bits per heavy atom. The second-order valence-electron chi connectivity index (χ2n) is 4.13. The molecule has 8 heteroatoms. The Balaban J connectivity index is 2.67. The number of benzene rings is 1. The van der Waals surface area contributed by atoms with Gasteiger partial charge in [0.05, 0.1) is 11.3 Å². The summed E-state index contributed by atoms with van der Waals surface area (Å²) in [5, 5.41) is 7.34. The maximum Gasteiger partial charge on any atom is 0.418 e. The minimum atomic E-state index is -4.54. The number of hydrogen-bond acceptors (Lipinski definition) is 2. The molecule has 0 aliphatic rings. The van der Waals surface area contributed by atoms with Gasteiger partial charge in [0, 0.05) is 11.4 Å². The van der Waals surface area contributed by atoms with Gasteiger partial charge in [0.15, 0.2) is 0 Å². The summed E-state index contributed by atoms with van der Waals surface area (Å²) in [7, 11) is 0. The van der Waals surface area contributed by atoms with Crippen LogP contribution < -0.4 is 0 Å². The standard InChI is InChI=1S/C12H10Cl2F3N3/c1-2-3-10-18-19-11(14)20(10)9-5-4-7(13)6-8(9)12(15,16)17/h4-6H,2-3H2,1H3. The van der Waals surface area contributed by atoms with Crippen LogP contribution in [0, 0.1) is 0 Å². The van der Waals surface area contributed by atoms with Crippen molar-refractivity contribution in [2.75, 3.05) is 0 Å². The van der Waals surface area contributed by atoms with E-state index < -0.39 is 11.7 Å². The van der Waals surface area contributed by atoms with Gasteiger partial charge in [-0.05, 0) is 36.2 Å². The molecule has 1 aromatic heterocycles. The minimum absolute atomic E-state index is 0.00214. The molecule has 108 valence electrons. The van der Waals surface area contributed by atoms with E-state index in [0.717, 1.165) is 6.07 Å². The van der Waals surface area contributed by atoms with E-state index >= 15 is 0 Å². The van der Waals surface area contributed by atoms with Gasteiger partial charge in [-0.1, -0.05) is 18.5 Å². The highest BCUT2D eigenvalue weighted by atomic mass is 35.5. The maximum atomic E-state index is 13.1. The lowest BCUT2D eigenvalue weighted by atomic mass is 10.1. The highest BCUT2D eigenvalue weighted by Crippen LogP contribution is 2.36. The Morgan fingerprint density at radius 3 is 2.50 bits per heavy atom. The van der Waals surface area contributed by atoms with Gasteiger partial charge in [-0.2, -0.15) is 13.2 Å². The molecule has 0 atom stereocenters. The molecule has 0 radical (unpaired) electrons. The Kier molecular flexibility index (Phi) is 4.25. The second kappa shape index (κ2) is 5.61. The van der Waals surface area contributed by atoms with E-state index in [9.17, 15) is 13.2 Å². The molecule has 20 heavy (non-hydrogen) atoms. The third-order valence-corrected chi connectivity index (χ3v) is 3.15. The van der Waals surface area contributed by atoms with Crippen LogP contribution in [-0.2, 0) is 12.6 Å². The molecular weight excluding hydrogens is 314 g/mol. The summed E-state index contributed by atoms with van der Waals surface area (Å²) in [4.78, 5) is 0. The van der Waals surface area contributed by atoms with Crippen molar-refractivity contribution in [3.63, 3.8) is 0 Å². The van der Waals surface area contributed by atoms with Crippen LogP contribution in [-0.4, -0.2) is 14.8 Å². The van der Waals surface area contributed by atoms with Crippen molar-refractivity contribution < 1.29 is 13.2 Å². The number of rotatable bonds is 3. The molecule has 0 saturated carbocycles. The average Bonchev–Trinajstić information content (AvgIpc) is 2.70. The zero-order chi connectivity index (χ0) is 14.9. The van der Waals surface area contributed by atoms with Crippen LogP contribution in [0.2, 0.25) is 10.3 Å². The highest BCUT2D eigenvalue weighted by molar-refractivity contribution is 6.30. The summed E-state index contributed by atoms with van der Waals surface area (Å²) in [6, 6.07) is 3.50. The number of alkyl halides is 3. The van der Waals surface area contributed by atoms with E-state index in [4.69, 9.17) is 23.2 Å². The number of hydrogen-bond donors (Lipinski definition) is 0. The third-order valence-electron chi connectivity index (χ3n) is 2.67. The monoisotopic (exact) mass is 323 g/mol. The van der Waals surface area contributed by atoms with Crippen LogP contribution in [0.1, 0.15) is 24.7 Å². The Morgan fingerprint density at radius 1 is 1.20 bits per heavy atom. The Hall–Kier alpha value is -1.27. The SMILES string of the molecule is CCCc1nnc(Cl)n1-c1ccc(Cl)cc1C(F)(F)F. The first kappa shape index (κ1) is 15.1. The number of halogens is 5. The van der Waals surface area contributed by atoms with Crippen molar-refractivity contribution in [3.05, 3.63) is 39.9 Å². The van der Waals surface area contributed by atoms with Gasteiger partial charge in [0.1, 0.15) is 5.82 Å². The zero-order valence-electron chi connectivity index (χ0n) is 10.4. The molecule has 0 N–H and O–H groups in total. The van der Waals surface area contributed by atoms with Gasteiger partial charge in [-0.15, -0.1) is 10.2 Å². The summed E-state index contributed by atoms with van der Waals surface area (Å²) < 4.78 is 40.5. The zero-order valence-corrected chi connectivity index (χ0v) is 11.9. The molecule has 1 aromatic carbocycles. The number of aromatic nitrogens is 3. The first-order valence-corrected chi connectivity index (χ1v) is 6.57. The molecule has 0 unspecified atom stereocenters. The van der Waals surface area contributed by atoms with Gasteiger partial charge in [-0.25, -0.2) is 0 Å². The summed E-state index contributed by atoms with van der Waals surface area (Å²) >= 11 is 11.5. The topological polar surface area (TPSA) is 30.7 Å². The van der Waals surface area contributed by atoms with Crippen LogP contribution in [0.4, 0.5) is 13.2 Å². The molecule has 0 spiro atoms. The van der Waals surface area contributed by atoms with Crippen LogP contribution in [0.15, 0.2) is 18.2 Å². The van der Waals surface area contributed by atoms with E-state index in [0.29, 0.717) is 18.7 Å². The smallest absolute Gasteiger partial charge is 0.269 e. The molecule has 0 bridgehead atoms. The Bertz CT molecular complexity index is 623. The van der Waals surface area contributed by atoms with Crippen molar-refractivity contribution in [1.29, 1.82) is 0 Å². The fraction of sp³-hybridized carbons (Fsp3) is 0.333. The molecule has 0 amide bonds. The van der Waals surface area contributed by atoms with Crippen molar-refractivity contribution in [2.24, 2.45) is 0 Å². The molecule has 0 saturated heterocycles. The minimum Gasteiger partial charge on any atom is -0.269 e. The van der Waals surface area contributed by atoms with Crippen molar-refractivity contribution in [1.82, 2.24) is 14.8 Å². The molecule has 0 fully saturated rings. The van der Waals surface area contributed by atoms with Gasteiger partial charge < -0.3 is 0 Å². The fourth-order valence-corrected chi connectivity index (χ4v) is 2.25. The predicted octanol–water partition coefficient (Wildman–Crippen LogP) is 4.55. The van der Waals surface area contributed by atoms with Crippen molar-refractivity contribution >= 4 is 23.2 Å². The Labute approximate surface area is 123 Å². The molecule has 1 heterocycles. The average molecular weight is 324 g/mol. The van der Waals surface area contributed by atoms with Crippen molar-refractivity contribution in [3.8, 4) is 5.69 Å². The van der Waals surface area contributed by atoms with Crippen LogP contribution >= 0.6 is 23.2 Å². The molecule has 0 aliphatic heterocycles. The molecular formula is C12H10Cl2F3N3. The third kappa shape index (κ3) is 2.91. The second-order valence-corrected chi connectivity index (χ2v) is 4.90. The maximum absolute atomic E-state index is 13.1. The number of aryl methyl sites for hydroxylation is 1. The predicted molar refractivity (Wildman–Crippen MR) is 70.4 cm³/mol. The highest BCUT2D eigenvalue weighted by Gasteiger charge is 2.35. The van der Waals surface area contributed by atoms with Crippen LogP contribution in [0.5, 0.6) is 0 Å².